The van der Waals surface area contributed by atoms with Gasteiger partial charge in [0.2, 0.25) is 11.1 Å². The van der Waals surface area contributed by atoms with Gasteiger partial charge in [0, 0.05) is 10.7 Å². The lowest BCUT2D eigenvalue weighted by molar-refractivity contribution is -0.115. The van der Waals surface area contributed by atoms with Crippen LogP contribution in [0.25, 0.3) is 0 Å². The van der Waals surface area contributed by atoms with Crippen molar-refractivity contribution in [3.63, 3.8) is 0 Å². The number of carbonyl (C=O) groups excluding carboxylic acids is 1. The van der Waals surface area contributed by atoms with Crippen molar-refractivity contribution in [1.82, 2.24) is 15.2 Å². The van der Waals surface area contributed by atoms with Gasteiger partial charge in [-0.3, -0.25) is 9.89 Å². The second-order valence-corrected chi connectivity index (χ2v) is 8.09. The lowest BCUT2D eigenvalue weighted by Crippen LogP contribution is -2.22. The number of aryl methyl sites for hydroxylation is 2. The van der Waals surface area contributed by atoms with Crippen molar-refractivity contribution in [2.24, 2.45) is 0 Å². The fourth-order valence-corrected chi connectivity index (χ4v) is 3.21. The lowest BCUT2D eigenvalue weighted by atomic mass is 10.2. The highest BCUT2D eigenvalue weighted by Crippen LogP contribution is 2.23. The molecule has 0 aliphatic carbocycles. The van der Waals surface area contributed by atoms with Gasteiger partial charge >= 0.3 is 0 Å². The highest BCUT2D eigenvalue weighted by molar-refractivity contribution is 8.00. The maximum absolute atomic E-state index is 12.3. The standard InChI is InChI=1S/C20H21ClN4O2S/c1-12-4-6-15(7-5-12)22-19(26)14(3)28-20-23-18(24-25-20)11-27-16-8-9-17(21)13(2)10-16/h4-10,14H,11H2,1-3H3,(H,22,26)(H,23,24,25)/t14-/m0/s1. The van der Waals surface area contributed by atoms with E-state index < -0.39 is 0 Å². The fraction of sp³-hybridized carbons (Fsp3) is 0.250. The number of hydrogen-bond acceptors (Lipinski definition) is 5. The molecule has 3 aromatic rings. The first-order valence-corrected chi connectivity index (χ1v) is 10.0. The SMILES string of the molecule is Cc1ccc(NC(=O)[C@H](C)Sc2n[nH]c(COc3ccc(Cl)c(C)c3)n2)cc1. The summed E-state index contributed by atoms with van der Waals surface area (Å²) in [6.45, 7) is 5.99. The summed E-state index contributed by atoms with van der Waals surface area (Å²) in [6, 6.07) is 13.1. The van der Waals surface area contributed by atoms with Gasteiger partial charge in [-0.2, -0.15) is 0 Å². The number of aromatic nitrogens is 3. The number of halogens is 1. The van der Waals surface area contributed by atoms with Gasteiger partial charge in [0.1, 0.15) is 12.4 Å². The molecule has 0 aliphatic heterocycles. The van der Waals surface area contributed by atoms with Crippen LogP contribution in [0.15, 0.2) is 47.6 Å². The molecule has 28 heavy (non-hydrogen) atoms. The third kappa shape index (κ3) is 5.50. The van der Waals surface area contributed by atoms with Gasteiger partial charge in [-0.05, 0) is 56.7 Å². The molecule has 6 nitrogen and oxygen atoms in total. The van der Waals surface area contributed by atoms with Crippen LogP contribution in [-0.4, -0.2) is 26.3 Å². The Hall–Kier alpha value is -2.51. The number of ether oxygens (including phenoxy) is 1. The monoisotopic (exact) mass is 416 g/mol. The number of nitrogens with zero attached hydrogens (tertiary/aromatic N) is 2. The molecular formula is C20H21ClN4O2S. The van der Waals surface area contributed by atoms with Crippen LogP contribution in [0.2, 0.25) is 5.02 Å². The van der Waals surface area contributed by atoms with E-state index in [4.69, 9.17) is 16.3 Å². The van der Waals surface area contributed by atoms with Crippen LogP contribution in [0.1, 0.15) is 23.9 Å². The molecule has 1 amide bonds. The number of carbonyl (C=O) groups is 1. The Morgan fingerprint density at radius 1 is 1.25 bits per heavy atom. The summed E-state index contributed by atoms with van der Waals surface area (Å²) in [7, 11) is 0. The van der Waals surface area contributed by atoms with Crippen LogP contribution in [0.4, 0.5) is 5.69 Å². The topological polar surface area (TPSA) is 79.9 Å². The first-order chi connectivity index (χ1) is 13.4. The first kappa shape index (κ1) is 20.2. The van der Waals surface area contributed by atoms with E-state index in [1.54, 1.807) is 12.1 Å². The number of nitrogens with one attached hydrogen (secondary N) is 2. The zero-order valence-electron chi connectivity index (χ0n) is 15.8. The Bertz CT molecular complexity index is 959. The van der Waals surface area contributed by atoms with E-state index in [1.807, 2.05) is 51.1 Å². The summed E-state index contributed by atoms with van der Waals surface area (Å²) in [5.74, 6) is 1.19. The second-order valence-electron chi connectivity index (χ2n) is 6.38. The molecule has 2 N–H and O–H groups in total. The summed E-state index contributed by atoms with van der Waals surface area (Å²) >= 11 is 7.30. The van der Waals surface area contributed by atoms with E-state index in [1.165, 1.54) is 11.8 Å². The lowest BCUT2D eigenvalue weighted by Gasteiger charge is -2.10. The number of thioether (sulfide) groups is 1. The van der Waals surface area contributed by atoms with Crippen LogP contribution in [-0.2, 0) is 11.4 Å². The summed E-state index contributed by atoms with van der Waals surface area (Å²) in [4.78, 5) is 16.7. The maximum atomic E-state index is 12.3. The molecule has 8 heteroatoms. The molecule has 0 bridgehead atoms. The van der Waals surface area contributed by atoms with Gasteiger partial charge in [-0.25, -0.2) is 4.98 Å². The van der Waals surface area contributed by atoms with Crippen molar-refractivity contribution in [2.75, 3.05) is 5.32 Å². The van der Waals surface area contributed by atoms with E-state index in [-0.39, 0.29) is 17.8 Å². The van der Waals surface area contributed by atoms with Crippen LogP contribution < -0.4 is 10.1 Å². The molecular weight excluding hydrogens is 396 g/mol. The highest BCUT2D eigenvalue weighted by Gasteiger charge is 2.17. The molecule has 0 radical (unpaired) electrons. The van der Waals surface area contributed by atoms with Gasteiger partial charge in [0.15, 0.2) is 5.82 Å². The van der Waals surface area contributed by atoms with Crippen molar-refractivity contribution in [3.05, 3.63) is 64.4 Å². The minimum absolute atomic E-state index is 0.104. The van der Waals surface area contributed by atoms with E-state index in [2.05, 4.69) is 20.5 Å². The van der Waals surface area contributed by atoms with E-state index >= 15 is 0 Å². The Balaban J connectivity index is 1.52. The number of aromatic amines is 1. The smallest absolute Gasteiger partial charge is 0.237 e. The Kier molecular flexibility index (Phi) is 6.59. The summed E-state index contributed by atoms with van der Waals surface area (Å²) in [5, 5.41) is 10.7. The predicted octanol–water partition coefficient (Wildman–Crippen LogP) is 4.77. The number of anilines is 1. The summed E-state index contributed by atoms with van der Waals surface area (Å²) < 4.78 is 5.70. The Labute approximate surface area is 173 Å². The first-order valence-electron chi connectivity index (χ1n) is 8.75. The van der Waals surface area contributed by atoms with Crippen LogP contribution in [0, 0.1) is 13.8 Å². The third-order valence-corrected chi connectivity index (χ3v) is 5.37. The fourth-order valence-electron chi connectivity index (χ4n) is 2.35. The largest absolute Gasteiger partial charge is 0.486 e. The molecule has 1 aromatic heterocycles. The average Bonchev–Trinajstić information content (AvgIpc) is 3.12. The molecule has 0 saturated carbocycles. The molecule has 3 rings (SSSR count). The third-order valence-electron chi connectivity index (χ3n) is 3.99. The van der Waals surface area contributed by atoms with E-state index in [0.29, 0.717) is 21.8 Å². The average molecular weight is 417 g/mol. The number of H-pyrrole nitrogens is 1. The molecule has 0 saturated heterocycles. The van der Waals surface area contributed by atoms with Crippen molar-refractivity contribution in [1.29, 1.82) is 0 Å². The van der Waals surface area contributed by atoms with Crippen molar-refractivity contribution >= 4 is 35.0 Å². The Morgan fingerprint density at radius 3 is 2.71 bits per heavy atom. The van der Waals surface area contributed by atoms with E-state index in [9.17, 15) is 4.79 Å². The van der Waals surface area contributed by atoms with Gasteiger partial charge in [0.05, 0.1) is 5.25 Å². The summed E-state index contributed by atoms with van der Waals surface area (Å²) in [6.07, 6.45) is 0. The quantitative estimate of drug-likeness (QED) is 0.542. The van der Waals surface area contributed by atoms with Crippen LogP contribution >= 0.6 is 23.4 Å². The summed E-state index contributed by atoms with van der Waals surface area (Å²) in [5.41, 5.74) is 2.86. The zero-order chi connectivity index (χ0) is 20.1. The van der Waals surface area contributed by atoms with Crippen molar-refractivity contribution < 1.29 is 9.53 Å². The predicted molar refractivity (Wildman–Crippen MR) is 112 cm³/mol. The second kappa shape index (κ2) is 9.12. The highest BCUT2D eigenvalue weighted by atomic mass is 35.5. The van der Waals surface area contributed by atoms with E-state index in [0.717, 1.165) is 16.8 Å². The maximum Gasteiger partial charge on any atom is 0.237 e. The normalized spacial score (nSPS) is 11.9. The molecule has 146 valence electrons. The minimum Gasteiger partial charge on any atom is -0.486 e. The molecule has 2 aromatic carbocycles. The van der Waals surface area contributed by atoms with Gasteiger partial charge in [-0.15, -0.1) is 5.10 Å². The Morgan fingerprint density at radius 2 is 2.00 bits per heavy atom. The van der Waals surface area contributed by atoms with Crippen molar-refractivity contribution in [2.45, 2.75) is 37.8 Å². The molecule has 0 fully saturated rings. The van der Waals surface area contributed by atoms with Gasteiger partial charge in [-0.1, -0.05) is 41.1 Å². The molecule has 0 unspecified atom stereocenters. The number of amides is 1. The van der Waals surface area contributed by atoms with Crippen LogP contribution in [0.5, 0.6) is 5.75 Å². The molecule has 0 spiro atoms. The number of benzene rings is 2. The van der Waals surface area contributed by atoms with Crippen LogP contribution in [0.3, 0.4) is 0 Å². The van der Waals surface area contributed by atoms with Gasteiger partial charge in [0.25, 0.3) is 0 Å². The molecule has 0 aliphatic rings. The minimum atomic E-state index is -0.343. The van der Waals surface area contributed by atoms with Gasteiger partial charge < -0.3 is 10.1 Å². The zero-order valence-corrected chi connectivity index (χ0v) is 17.4. The van der Waals surface area contributed by atoms with Crippen molar-refractivity contribution in [3.8, 4) is 5.75 Å². The number of rotatable bonds is 7. The molecule has 1 heterocycles. The number of hydrogen-bond donors (Lipinski definition) is 2. The molecule has 1 atom stereocenters.